The lowest BCUT2D eigenvalue weighted by atomic mass is 9.98. The second-order valence-electron chi connectivity index (χ2n) is 3.98. The number of hydrogen-bond donors (Lipinski definition) is 3. The first-order valence-corrected chi connectivity index (χ1v) is 5.30. The van der Waals surface area contributed by atoms with Gasteiger partial charge in [-0.05, 0) is 12.1 Å². The summed E-state index contributed by atoms with van der Waals surface area (Å²) in [4.78, 5) is 18.3. The van der Waals surface area contributed by atoms with E-state index in [0.717, 1.165) is 11.4 Å². The van der Waals surface area contributed by atoms with Crippen molar-refractivity contribution in [3.8, 4) is 0 Å². The lowest BCUT2D eigenvalue weighted by molar-refractivity contribution is -0.139. The average molecular weight is 233 g/mol. The quantitative estimate of drug-likeness (QED) is 0.710. The number of carboxylic acids is 1. The second-order valence-corrected chi connectivity index (χ2v) is 3.98. The van der Waals surface area contributed by atoms with Gasteiger partial charge in [0.1, 0.15) is 17.8 Å². The zero-order valence-corrected chi connectivity index (χ0v) is 8.88. The second kappa shape index (κ2) is 3.74. The molecule has 0 aliphatic carbocycles. The number of hydrogen-bond acceptors (Lipinski definition) is 4. The van der Waals surface area contributed by atoms with Crippen molar-refractivity contribution in [2.75, 3.05) is 0 Å². The molecule has 1 aliphatic heterocycles. The van der Waals surface area contributed by atoms with E-state index >= 15 is 0 Å². The molecule has 0 saturated heterocycles. The molecule has 0 fully saturated rings. The molecule has 88 valence electrons. The van der Waals surface area contributed by atoms with Gasteiger partial charge in [0.15, 0.2) is 0 Å². The van der Waals surface area contributed by atoms with Crippen LogP contribution in [0.2, 0.25) is 0 Å². The first-order valence-electron chi connectivity index (χ1n) is 5.30. The topological polar surface area (TPSA) is 91.1 Å². The van der Waals surface area contributed by atoms with Crippen molar-refractivity contribution in [3.05, 3.63) is 41.9 Å². The highest BCUT2D eigenvalue weighted by Crippen LogP contribution is 2.28. The molecule has 2 atom stereocenters. The molecule has 2 aromatic heterocycles. The molecule has 0 spiro atoms. The number of H-pyrrole nitrogens is 1. The van der Waals surface area contributed by atoms with E-state index in [0.29, 0.717) is 12.2 Å². The SMILES string of the molecule is O=C(O)C1Cc2[nH]cnc2C(c2ccco2)N1. The number of rotatable bonds is 2. The first-order chi connectivity index (χ1) is 8.25. The molecule has 3 heterocycles. The highest BCUT2D eigenvalue weighted by molar-refractivity contribution is 5.74. The minimum atomic E-state index is -0.873. The van der Waals surface area contributed by atoms with Gasteiger partial charge in [0.05, 0.1) is 18.3 Å². The highest BCUT2D eigenvalue weighted by atomic mass is 16.4. The molecule has 6 heteroatoms. The maximum Gasteiger partial charge on any atom is 0.321 e. The Bertz CT molecular complexity index is 532. The molecule has 0 amide bonds. The fraction of sp³-hybridized carbons (Fsp3) is 0.273. The van der Waals surface area contributed by atoms with Gasteiger partial charge in [-0.3, -0.25) is 10.1 Å². The van der Waals surface area contributed by atoms with Gasteiger partial charge >= 0.3 is 5.97 Å². The first kappa shape index (κ1) is 10.1. The third-order valence-corrected chi connectivity index (χ3v) is 2.93. The standard InChI is InChI=1S/C11H11N3O3/c15-11(16)7-4-6-9(13-5-12-6)10(14-7)8-2-1-3-17-8/h1-3,5,7,10,14H,4H2,(H,12,13)(H,15,16). The fourth-order valence-electron chi connectivity index (χ4n) is 2.12. The molecule has 6 nitrogen and oxygen atoms in total. The summed E-state index contributed by atoms with van der Waals surface area (Å²) in [6.45, 7) is 0. The Balaban J connectivity index is 2.01. The largest absolute Gasteiger partial charge is 0.480 e. The van der Waals surface area contributed by atoms with Crippen LogP contribution in [0.5, 0.6) is 0 Å². The maximum atomic E-state index is 11.1. The molecule has 3 N–H and O–H groups in total. The van der Waals surface area contributed by atoms with Crippen LogP contribution in [0.25, 0.3) is 0 Å². The van der Waals surface area contributed by atoms with E-state index in [1.807, 2.05) is 0 Å². The number of carbonyl (C=O) groups is 1. The van der Waals surface area contributed by atoms with Crippen molar-refractivity contribution >= 4 is 5.97 Å². The lowest BCUT2D eigenvalue weighted by Gasteiger charge is -2.26. The number of furan rings is 1. The molecule has 0 saturated carbocycles. The molecule has 17 heavy (non-hydrogen) atoms. The lowest BCUT2D eigenvalue weighted by Crippen LogP contribution is -2.45. The maximum absolute atomic E-state index is 11.1. The number of carboxylic acid groups (broad SMARTS) is 1. The molecule has 0 radical (unpaired) electrons. The Hall–Kier alpha value is -2.08. The summed E-state index contributed by atoms with van der Waals surface area (Å²) in [5.41, 5.74) is 1.65. The number of imidazole rings is 1. The summed E-state index contributed by atoms with van der Waals surface area (Å²) in [5, 5.41) is 12.1. The van der Waals surface area contributed by atoms with Crippen molar-refractivity contribution < 1.29 is 14.3 Å². The molecule has 0 bridgehead atoms. The summed E-state index contributed by atoms with van der Waals surface area (Å²) in [6, 6.07) is 2.65. The Morgan fingerprint density at radius 1 is 1.59 bits per heavy atom. The van der Waals surface area contributed by atoms with E-state index in [-0.39, 0.29) is 6.04 Å². The third-order valence-electron chi connectivity index (χ3n) is 2.93. The number of nitrogens with zero attached hydrogens (tertiary/aromatic N) is 1. The average Bonchev–Trinajstić information content (AvgIpc) is 2.98. The van der Waals surface area contributed by atoms with E-state index in [1.165, 1.54) is 0 Å². The van der Waals surface area contributed by atoms with Gasteiger partial charge < -0.3 is 14.5 Å². The minimum Gasteiger partial charge on any atom is -0.480 e. The highest BCUT2D eigenvalue weighted by Gasteiger charge is 2.34. The number of fused-ring (bicyclic) bond motifs is 1. The van der Waals surface area contributed by atoms with Crippen LogP contribution in [0.15, 0.2) is 29.1 Å². The summed E-state index contributed by atoms with van der Waals surface area (Å²) in [6.07, 6.45) is 3.54. The monoisotopic (exact) mass is 233 g/mol. The van der Waals surface area contributed by atoms with E-state index in [9.17, 15) is 4.79 Å². The van der Waals surface area contributed by atoms with E-state index in [4.69, 9.17) is 9.52 Å². The van der Waals surface area contributed by atoms with Crippen LogP contribution in [0, 0.1) is 0 Å². The Morgan fingerprint density at radius 3 is 3.18 bits per heavy atom. The van der Waals surface area contributed by atoms with Crippen LogP contribution in [0.4, 0.5) is 0 Å². The zero-order valence-electron chi connectivity index (χ0n) is 8.88. The van der Waals surface area contributed by atoms with E-state index in [1.54, 1.807) is 24.7 Å². The molecular formula is C11H11N3O3. The van der Waals surface area contributed by atoms with Crippen molar-refractivity contribution in [1.29, 1.82) is 0 Å². The van der Waals surface area contributed by atoms with Gasteiger partial charge in [-0.2, -0.15) is 0 Å². The Kier molecular flexibility index (Phi) is 2.22. The van der Waals surface area contributed by atoms with Gasteiger partial charge in [0.2, 0.25) is 0 Å². The van der Waals surface area contributed by atoms with Crippen LogP contribution < -0.4 is 5.32 Å². The van der Waals surface area contributed by atoms with Crippen molar-refractivity contribution in [1.82, 2.24) is 15.3 Å². The predicted octanol–water partition coefficient (Wildman–Crippen LogP) is 0.691. The van der Waals surface area contributed by atoms with Gasteiger partial charge in [0.25, 0.3) is 0 Å². The van der Waals surface area contributed by atoms with Gasteiger partial charge in [-0.15, -0.1) is 0 Å². The van der Waals surface area contributed by atoms with Crippen molar-refractivity contribution in [2.24, 2.45) is 0 Å². The fourth-order valence-corrected chi connectivity index (χ4v) is 2.12. The van der Waals surface area contributed by atoms with E-state index < -0.39 is 12.0 Å². The summed E-state index contributed by atoms with van der Waals surface area (Å²) in [5.74, 6) is -0.203. The number of aromatic amines is 1. The Labute approximate surface area is 96.7 Å². The summed E-state index contributed by atoms with van der Waals surface area (Å²) in [7, 11) is 0. The molecule has 3 rings (SSSR count). The smallest absolute Gasteiger partial charge is 0.321 e. The van der Waals surface area contributed by atoms with Crippen LogP contribution >= 0.6 is 0 Å². The normalized spacial score (nSPS) is 23.3. The van der Waals surface area contributed by atoms with Gasteiger partial charge in [-0.25, -0.2) is 4.98 Å². The Morgan fingerprint density at radius 2 is 2.47 bits per heavy atom. The van der Waals surface area contributed by atoms with Crippen molar-refractivity contribution in [2.45, 2.75) is 18.5 Å². The van der Waals surface area contributed by atoms with E-state index in [2.05, 4.69) is 15.3 Å². The molecular weight excluding hydrogens is 222 g/mol. The van der Waals surface area contributed by atoms with Crippen LogP contribution in [0.3, 0.4) is 0 Å². The van der Waals surface area contributed by atoms with Gasteiger partial charge in [-0.1, -0.05) is 0 Å². The molecule has 2 unspecified atom stereocenters. The summed E-state index contributed by atoms with van der Waals surface area (Å²) >= 11 is 0. The summed E-state index contributed by atoms with van der Waals surface area (Å²) < 4.78 is 5.32. The molecule has 1 aliphatic rings. The molecule has 2 aromatic rings. The van der Waals surface area contributed by atoms with Crippen LogP contribution in [0.1, 0.15) is 23.2 Å². The number of aliphatic carboxylic acids is 1. The van der Waals surface area contributed by atoms with Gasteiger partial charge in [0, 0.05) is 12.1 Å². The molecule has 0 aromatic carbocycles. The van der Waals surface area contributed by atoms with Crippen LogP contribution in [-0.4, -0.2) is 27.1 Å². The number of aromatic nitrogens is 2. The minimum absolute atomic E-state index is 0.305. The predicted molar refractivity (Wildman–Crippen MR) is 57.4 cm³/mol. The third kappa shape index (κ3) is 1.62. The number of nitrogens with one attached hydrogen (secondary N) is 2. The van der Waals surface area contributed by atoms with Crippen LogP contribution in [-0.2, 0) is 11.2 Å². The van der Waals surface area contributed by atoms with Crippen molar-refractivity contribution in [3.63, 3.8) is 0 Å². The zero-order chi connectivity index (χ0) is 11.8.